The quantitative estimate of drug-likeness (QED) is 0.789. The Morgan fingerprint density at radius 1 is 1.17 bits per heavy atom. The van der Waals surface area contributed by atoms with E-state index in [4.69, 9.17) is 23.2 Å². The molecule has 0 fully saturated rings. The van der Waals surface area contributed by atoms with Gasteiger partial charge in [0, 0.05) is 21.5 Å². The third-order valence-corrected chi connectivity index (χ3v) is 5.08. The highest BCUT2D eigenvalue weighted by molar-refractivity contribution is 7.09. The number of halogens is 2. The summed E-state index contributed by atoms with van der Waals surface area (Å²) in [7, 11) is 0. The zero-order chi connectivity index (χ0) is 17.5. The first kappa shape index (κ1) is 18.8. The molecule has 0 spiro atoms. The first-order valence-corrected chi connectivity index (χ1v) is 9.14. The highest BCUT2D eigenvalue weighted by Gasteiger charge is 2.18. The summed E-state index contributed by atoms with van der Waals surface area (Å²) < 4.78 is 0. The molecule has 0 aliphatic heterocycles. The van der Waals surface area contributed by atoms with Gasteiger partial charge in [-0.05, 0) is 36.1 Å². The SMILES string of the molecule is CCN(CC(=O)NCc1cccs1)C(=O)Cc1c(Cl)cccc1Cl. The van der Waals surface area contributed by atoms with E-state index in [1.807, 2.05) is 24.4 Å². The van der Waals surface area contributed by atoms with Crippen LogP contribution >= 0.6 is 34.5 Å². The van der Waals surface area contributed by atoms with Gasteiger partial charge in [-0.3, -0.25) is 9.59 Å². The molecule has 0 bridgehead atoms. The largest absolute Gasteiger partial charge is 0.350 e. The van der Waals surface area contributed by atoms with E-state index in [0.717, 1.165) is 4.88 Å². The van der Waals surface area contributed by atoms with Crippen molar-refractivity contribution >= 4 is 46.4 Å². The minimum atomic E-state index is -0.191. The number of hydrogen-bond donors (Lipinski definition) is 1. The molecule has 0 aliphatic carbocycles. The lowest BCUT2D eigenvalue weighted by molar-refractivity contribution is -0.135. The zero-order valence-corrected chi connectivity index (χ0v) is 15.5. The first-order chi connectivity index (χ1) is 11.5. The molecule has 0 radical (unpaired) electrons. The summed E-state index contributed by atoms with van der Waals surface area (Å²) in [4.78, 5) is 27.1. The number of nitrogens with one attached hydrogen (secondary N) is 1. The van der Waals surface area contributed by atoms with Crippen molar-refractivity contribution in [2.75, 3.05) is 13.1 Å². The number of thiophene rings is 1. The lowest BCUT2D eigenvalue weighted by Gasteiger charge is -2.21. The van der Waals surface area contributed by atoms with E-state index in [1.165, 1.54) is 4.90 Å². The molecule has 1 N–H and O–H groups in total. The first-order valence-electron chi connectivity index (χ1n) is 7.51. The van der Waals surface area contributed by atoms with Gasteiger partial charge in [0.2, 0.25) is 11.8 Å². The van der Waals surface area contributed by atoms with Crippen LogP contribution in [0.1, 0.15) is 17.4 Å². The van der Waals surface area contributed by atoms with Crippen molar-refractivity contribution in [1.82, 2.24) is 10.2 Å². The second-order valence-electron chi connectivity index (χ2n) is 5.14. The van der Waals surface area contributed by atoms with Crippen LogP contribution in [0.4, 0.5) is 0 Å². The fraction of sp³-hybridized carbons (Fsp3) is 0.294. The van der Waals surface area contributed by atoms with Gasteiger partial charge in [0.15, 0.2) is 0 Å². The average molecular weight is 385 g/mol. The van der Waals surface area contributed by atoms with Gasteiger partial charge in [-0.25, -0.2) is 0 Å². The van der Waals surface area contributed by atoms with Crippen molar-refractivity contribution in [2.24, 2.45) is 0 Å². The molecule has 4 nitrogen and oxygen atoms in total. The van der Waals surface area contributed by atoms with Crippen LogP contribution in [0, 0.1) is 0 Å². The van der Waals surface area contributed by atoms with Crippen molar-refractivity contribution in [1.29, 1.82) is 0 Å². The molecular formula is C17H18Cl2N2O2S. The lowest BCUT2D eigenvalue weighted by Crippen LogP contribution is -2.41. The second kappa shape index (κ2) is 9.06. The van der Waals surface area contributed by atoms with E-state index in [-0.39, 0.29) is 24.8 Å². The fourth-order valence-corrected chi connectivity index (χ4v) is 3.34. The minimum Gasteiger partial charge on any atom is -0.350 e. The van der Waals surface area contributed by atoms with Crippen LogP contribution in [0.2, 0.25) is 10.0 Å². The number of rotatable bonds is 7. The monoisotopic (exact) mass is 384 g/mol. The van der Waals surface area contributed by atoms with Crippen LogP contribution in [0.5, 0.6) is 0 Å². The maximum absolute atomic E-state index is 12.4. The van der Waals surface area contributed by atoms with Gasteiger partial charge in [0.25, 0.3) is 0 Å². The van der Waals surface area contributed by atoms with E-state index >= 15 is 0 Å². The molecule has 1 aromatic heterocycles. The van der Waals surface area contributed by atoms with Crippen molar-refractivity contribution in [3.8, 4) is 0 Å². The van der Waals surface area contributed by atoms with Crippen LogP contribution in [0.3, 0.4) is 0 Å². The smallest absolute Gasteiger partial charge is 0.239 e. The standard InChI is InChI=1S/C17H18Cl2N2O2S/c1-2-21(11-16(22)20-10-12-5-4-8-24-12)17(23)9-13-14(18)6-3-7-15(13)19/h3-8H,2,9-11H2,1H3,(H,20,22). The summed E-state index contributed by atoms with van der Waals surface area (Å²) in [5, 5.41) is 5.68. The Morgan fingerprint density at radius 3 is 2.46 bits per heavy atom. The maximum Gasteiger partial charge on any atom is 0.239 e. The number of carbonyl (C=O) groups excluding carboxylic acids is 2. The molecule has 2 rings (SSSR count). The van der Waals surface area contributed by atoms with E-state index in [0.29, 0.717) is 28.7 Å². The molecule has 128 valence electrons. The van der Waals surface area contributed by atoms with Crippen LogP contribution < -0.4 is 5.32 Å². The number of hydrogen-bond acceptors (Lipinski definition) is 3. The number of carbonyl (C=O) groups is 2. The van der Waals surface area contributed by atoms with Crippen LogP contribution in [-0.2, 0) is 22.6 Å². The van der Waals surface area contributed by atoms with Gasteiger partial charge in [-0.1, -0.05) is 35.3 Å². The molecule has 2 aromatic rings. The molecule has 0 saturated heterocycles. The van der Waals surface area contributed by atoms with Crippen LogP contribution in [0.15, 0.2) is 35.7 Å². The topological polar surface area (TPSA) is 49.4 Å². The van der Waals surface area contributed by atoms with E-state index < -0.39 is 0 Å². The predicted molar refractivity (Wildman–Crippen MR) is 98.6 cm³/mol. The van der Waals surface area contributed by atoms with Gasteiger partial charge in [0.05, 0.1) is 19.5 Å². The van der Waals surface area contributed by atoms with Gasteiger partial charge in [-0.15, -0.1) is 11.3 Å². The number of likely N-dealkylation sites (N-methyl/N-ethyl adjacent to an activating group) is 1. The molecule has 1 aromatic carbocycles. The fourth-order valence-electron chi connectivity index (χ4n) is 2.17. The molecule has 0 unspecified atom stereocenters. The minimum absolute atomic E-state index is 0.0166. The Labute approximate surface area is 155 Å². The number of amides is 2. The number of benzene rings is 1. The Hall–Kier alpha value is -1.56. The van der Waals surface area contributed by atoms with Gasteiger partial charge in [-0.2, -0.15) is 0 Å². The Bertz CT molecular complexity index is 684. The molecule has 1 heterocycles. The third kappa shape index (κ3) is 5.23. The molecule has 2 amide bonds. The molecule has 24 heavy (non-hydrogen) atoms. The molecule has 0 atom stereocenters. The molecular weight excluding hydrogens is 367 g/mol. The molecule has 7 heteroatoms. The van der Waals surface area contributed by atoms with E-state index in [9.17, 15) is 9.59 Å². The highest BCUT2D eigenvalue weighted by atomic mass is 35.5. The van der Waals surface area contributed by atoms with E-state index in [1.54, 1.807) is 29.5 Å². The molecule has 0 saturated carbocycles. The van der Waals surface area contributed by atoms with Gasteiger partial charge >= 0.3 is 0 Å². The second-order valence-corrected chi connectivity index (χ2v) is 6.99. The third-order valence-electron chi connectivity index (χ3n) is 3.50. The zero-order valence-electron chi connectivity index (χ0n) is 13.2. The van der Waals surface area contributed by atoms with Crippen molar-refractivity contribution in [3.05, 3.63) is 56.2 Å². The summed E-state index contributed by atoms with van der Waals surface area (Å²) >= 11 is 13.8. The van der Waals surface area contributed by atoms with E-state index in [2.05, 4.69) is 5.32 Å². The summed E-state index contributed by atoms with van der Waals surface area (Å²) in [5.74, 6) is -0.373. The maximum atomic E-state index is 12.4. The predicted octanol–water partition coefficient (Wildman–Crippen LogP) is 3.76. The Morgan fingerprint density at radius 2 is 1.88 bits per heavy atom. The summed E-state index contributed by atoms with van der Waals surface area (Å²) in [5.41, 5.74) is 0.586. The highest BCUT2D eigenvalue weighted by Crippen LogP contribution is 2.25. The van der Waals surface area contributed by atoms with Crippen LogP contribution in [-0.4, -0.2) is 29.8 Å². The summed E-state index contributed by atoms with van der Waals surface area (Å²) in [6, 6.07) is 9.00. The molecule has 0 aliphatic rings. The summed E-state index contributed by atoms with van der Waals surface area (Å²) in [6.45, 7) is 2.76. The van der Waals surface area contributed by atoms with Crippen molar-refractivity contribution in [3.63, 3.8) is 0 Å². The Kier molecular flexibility index (Phi) is 7.09. The number of nitrogens with zero attached hydrogens (tertiary/aromatic N) is 1. The van der Waals surface area contributed by atoms with Crippen molar-refractivity contribution < 1.29 is 9.59 Å². The van der Waals surface area contributed by atoms with Crippen molar-refractivity contribution in [2.45, 2.75) is 19.9 Å². The van der Waals surface area contributed by atoms with Gasteiger partial charge in [0.1, 0.15) is 0 Å². The summed E-state index contributed by atoms with van der Waals surface area (Å²) in [6.07, 6.45) is 0.0740. The Balaban J connectivity index is 1.92. The van der Waals surface area contributed by atoms with Gasteiger partial charge < -0.3 is 10.2 Å². The normalized spacial score (nSPS) is 10.5. The van der Waals surface area contributed by atoms with Crippen LogP contribution in [0.25, 0.3) is 0 Å². The lowest BCUT2D eigenvalue weighted by atomic mass is 10.1. The average Bonchev–Trinajstić information content (AvgIpc) is 3.07.